The maximum absolute atomic E-state index is 12.0. The summed E-state index contributed by atoms with van der Waals surface area (Å²) >= 11 is 0. The average Bonchev–Trinajstić information content (AvgIpc) is 3.09. The van der Waals surface area contributed by atoms with E-state index >= 15 is 0 Å². The van der Waals surface area contributed by atoms with Crippen LogP contribution >= 0.6 is 0 Å². The largest absolute Gasteiger partial charge is 0.438 e. The predicted molar refractivity (Wildman–Crippen MR) is 119 cm³/mol. The normalized spacial score (nSPS) is 47.7. The highest BCUT2D eigenvalue weighted by Gasteiger charge is 2.62. The van der Waals surface area contributed by atoms with Crippen LogP contribution in [0.2, 0.25) is 0 Å². The first-order valence-electron chi connectivity index (χ1n) is 12.7. The summed E-state index contributed by atoms with van der Waals surface area (Å²) < 4.78 is 9.91. The second kappa shape index (κ2) is 8.95. The molecule has 0 aromatic heterocycles. The van der Waals surface area contributed by atoms with Crippen molar-refractivity contribution >= 4 is 5.97 Å². The first-order chi connectivity index (χ1) is 14.7. The van der Waals surface area contributed by atoms with Crippen molar-refractivity contribution in [3.8, 4) is 0 Å². The van der Waals surface area contributed by atoms with Gasteiger partial charge in [-0.2, -0.15) is 0 Å². The molecule has 2 N–H and O–H groups in total. The topological polar surface area (TPSA) is 76.0 Å². The minimum Gasteiger partial charge on any atom is -0.438 e. The zero-order chi connectivity index (χ0) is 22.4. The van der Waals surface area contributed by atoms with Gasteiger partial charge in [-0.1, -0.05) is 20.8 Å². The molecule has 4 rings (SSSR count). The molecule has 4 saturated carbocycles. The van der Waals surface area contributed by atoms with Gasteiger partial charge in [-0.3, -0.25) is 4.79 Å². The first kappa shape index (κ1) is 23.5. The molecule has 4 aliphatic carbocycles. The SMILES string of the molecule is COCOC(=O)CC[C@@H](C)[C@H]1CCC2C3C(CC[C@@]21C)[C@@]1(C)CC[C@H](O)C[C@H]1C[C@@H]3O. The molecule has 0 aromatic rings. The second-order valence-corrected chi connectivity index (χ2v) is 11.9. The number of hydrogen-bond donors (Lipinski definition) is 2. The van der Waals surface area contributed by atoms with Crippen molar-refractivity contribution in [1.82, 2.24) is 0 Å². The monoisotopic (exact) mass is 436 g/mol. The van der Waals surface area contributed by atoms with Gasteiger partial charge < -0.3 is 19.7 Å². The van der Waals surface area contributed by atoms with Gasteiger partial charge >= 0.3 is 5.97 Å². The van der Waals surface area contributed by atoms with Crippen molar-refractivity contribution in [2.75, 3.05) is 13.9 Å². The van der Waals surface area contributed by atoms with Crippen LogP contribution in [0.5, 0.6) is 0 Å². The lowest BCUT2D eigenvalue weighted by molar-refractivity contribution is -0.174. The number of aliphatic hydroxyl groups is 2. The van der Waals surface area contributed by atoms with Gasteiger partial charge in [0.05, 0.1) is 12.2 Å². The van der Waals surface area contributed by atoms with Crippen molar-refractivity contribution in [3.63, 3.8) is 0 Å². The Kier molecular flexibility index (Phi) is 6.78. The molecule has 10 atom stereocenters. The summed E-state index contributed by atoms with van der Waals surface area (Å²) in [6.07, 6.45) is 9.56. The molecule has 3 unspecified atom stereocenters. The van der Waals surface area contributed by atoms with Gasteiger partial charge in [0.2, 0.25) is 0 Å². The van der Waals surface area contributed by atoms with Crippen molar-refractivity contribution in [2.24, 2.45) is 46.3 Å². The molecule has 0 radical (unpaired) electrons. The van der Waals surface area contributed by atoms with Crippen LogP contribution in [-0.2, 0) is 14.3 Å². The van der Waals surface area contributed by atoms with Crippen LogP contribution < -0.4 is 0 Å². The summed E-state index contributed by atoms with van der Waals surface area (Å²) in [5.41, 5.74) is 0.536. The summed E-state index contributed by atoms with van der Waals surface area (Å²) in [6.45, 7) is 7.30. The van der Waals surface area contributed by atoms with E-state index in [-0.39, 0.29) is 35.8 Å². The molecule has 0 spiro atoms. The molecule has 0 aliphatic heterocycles. The standard InChI is InChI=1S/C26H44O5/c1-16(5-8-23(29)31-15-30-4)19-6-7-20-24-21(10-12-26(19,20)3)25(2)11-9-18(27)13-17(25)14-22(24)28/h16-22,24,27-28H,5-15H2,1-4H3/t16-,17+,18+,19-,20?,21?,22+,24?,25+,26-/m1/s1. The van der Waals surface area contributed by atoms with Crippen molar-refractivity contribution in [2.45, 2.75) is 97.2 Å². The molecule has 31 heavy (non-hydrogen) atoms. The van der Waals surface area contributed by atoms with Gasteiger partial charge in [-0.05, 0) is 104 Å². The van der Waals surface area contributed by atoms with E-state index in [9.17, 15) is 15.0 Å². The van der Waals surface area contributed by atoms with Crippen LogP contribution in [0.25, 0.3) is 0 Å². The Morgan fingerprint density at radius 1 is 1.03 bits per heavy atom. The molecule has 0 saturated heterocycles. The van der Waals surface area contributed by atoms with Crippen LogP contribution in [0.1, 0.15) is 85.0 Å². The zero-order valence-corrected chi connectivity index (χ0v) is 20.0. The van der Waals surface area contributed by atoms with E-state index in [2.05, 4.69) is 20.8 Å². The molecule has 0 bridgehead atoms. The number of esters is 1. The fourth-order valence-corrected chi connectivity index (χ4v) is 8.92. The van der Waals surface area contributed by atoms with E-state index in [1.807, 2.05) is 0 Å². The Hall–Kier alpha value is -0.650. The number of aliphatic hydroxyl groups excluding tert-OH is 2. The van der Waals surface area contributed by atoms with Crippen LogP contribution in [0.4, 0.5) is 0 Å². The molecular formula is C26H44O5. The van der Waals surface area contributed by atoms with Gasteiger partial charge in [0.15, 0.2) is 6.79 Å². The third-order valence-corrected chi connectivity index (χ3v) is 10.6. The van der Waals surface area contributed by atoms with E-state index in [0.29, 0.717) is 41.9 Å². The smallest absolute Gasteiger partial charge is 0.307 e. The minimum absolute atomic E-state index is 0.0359. The second-order valence-electron chi connectivity index (χ2n) is 11.9. The van der Waals surface area contributed by atoms with Crippen molar-refractivity contribution in [3.05, 3.63) is 0 Å². The third kappa shape index (κ3) is 4.08. The lowest BCUT2D eigenvalue weighted by atomic mass is 9.43. The Bertz CT molecular complexity index is 652. The van der Waals surface area contributed by atoms with Crippen LogP contribution in [0.15, 0.2) is 0 Å². The predicted octanol–water partition coefficient (Wildman–Crippen LogP) is 4.54. The molecular weight excluding hydrogens is 392 g/mol. The molecule has 5 nitrogen and oxygen atoms in total. The maximum Gasteiger partial charge on any atom is 0.307 e. The Morgan fingerprint density at radius 2 is 1.74 bits per heavy atom. The summed E-state index contributed by atoms with van der Waals surface area (Å²) in [6, 6.07) is 0. The highest BCUT2D eigenvalue weighted by Crippen LogP contribution is 2.68. The summed E-state index contributed by atoms with van der Waals surface area (Å²) in [7, 11) is 1.53. The number of carbonyl (C=O) groups is 1. The zero-order valence-electron chi connectivity index (χ0n) is 20.0. The fourth-order valence-electron chi connectivity index (χ4n) is 8.92. The highest BCUT2D eigenvalue weighted by molar-refractivity contribution is 5.69. The van der Waals surface area contributed by atoms with Gasteiger partial charge in [0.1, 0.15) is 0 Å². The number of fused-ring (bicyclic) bond motifs is 5. The van der Waals surface area contributed by atoms with Crippen LogP contribution in [0, 0.1) is 46.3 Å². The summed E-state index contributed by atoms with van der Waals surface area (Å²) in [5.74, 6) is 2.96. The molecule has 0 aromatic carbocycles. The number of rotatable bonds is 6. The van der Waals surface area contributed by atoms with E-state index in [1.165, 1.54) is 32.8 Å². The molecule has 178 valence electrons. The van der Waals surface area contributed by atoms with E-state index in [1.54, 1.807) is 0 Å². The average molecular weight is 437 g/mol. The fraction of sp³-hybridized carbons (Fsp3) is 0.962. The van der Waals surface area contributed by atoms with Crippen LogP contribution in [-0.4, -0.2) is 42.3 Å². The number of carbonyl (C=O) groups excluding carboxylic acids is 1. The van der Waals surface area contributed by atoms with Crippen molar-refractivity contribution < 1.29 is 24.5 Å². The number of ether oxygens (including phenoxy) is 2. The lowest BCUT2D eigenvalue weighted by Crippen LogP contribution is -2.58. The quantitative estimate of drug-likeness (QED) is 0.472. The Labute approximate surface area is 188 Å². The Morgan fingerprint density at radius 3 is 2.48 bits per heavy atom. The van der Waals surface area contributed by atoms with Gasteiger partial charge in [0.25, 0.3) is 0 Å². The van der Waals surface area contributed by atoms with Crippen molar-refractivity contribution in [1.29, 1.82) is 0 Å². The first-order valence-corrected chi connectivity index (χ1v) is 12.7. The van der Waals surface area contributed by atoms with E-state index < -0.39 is 0 Å². The Balaban J connectivity index is 1.46. The summed E-state index contributed by atoms with van der Waals surface area (Å²) in [5, 5.41) is 21.6. The molecule has 4 aliphatic rings. The van der Waals surface area contributed by atoms with E-state index in [4.69, 9.17) is 9.47 Å². The molecule has 4 fully saturated rings. The van der Waals surface area contributed by atoms with Gasteiger partial charge in [0, 0.05) is 13.5 Å². The molecule has 5 heteroatoms. The third-order valence-electron chi connectivity index (χ3n) is 10.6. The van der Waals surface area contributed by atoms with Gasteiger partial charge in [-0.15, -0.1) is 0 Å². The molecule has 0 amide bonds. The van der Waals surface area contributed by atoms with Gasteiger partial charge in [-0.25, -0.2) is 0 Å². The minimum atomic E-state index is -0.226. The summed E-state index contributed by atoms with van der Waals surface area (Å²) in [4.78, 5) is 12.0. The number of hydrogen-bond acceptors (Lipinski definition) is 5. The highest BCUT2D eigenvalue weighted by atomic mass is 16.7. The number of methoxy groups -OCH3 is 1. The maximum atomic E-state index is 12.0. The van der Waals surface area contributed by atoms with Crippen LogP contribution in [0.3, 0.4) is 0 Å². The van der Waals surface area contributed by atoms with E-state index in [0.717, 1.165) is 32.1 Å². The lowest BCUT2D eigenvalue weighted by Gasteiger charge is -2.62. The molecule has 0 heterocycles.